The first kappa shape index (κ1) is 9.53. The van der Waals surface area contributed by atoms with Crippen molar-refractivity contribution in [3.63, 3.8) is 0 Å². The minimum Gasteiger partial charge on any atom is -0.490 e. The van der Waals surface area contributed by atoms with Crippen molar-refractivity contribution in [2.45, 2.75) is 25.9 Å². The van der Waals surface area contributed by atoms with Crippen LogP contribution in [0.5, 0.6) is 5.75 Å². The van der Waals surface area contributed by atoms with Crippen LogP contribution in [0, 0.1) is 6.92 Å². The molecule has 0 aliphatic carbocycles. The molecule has 0 saturated carbocycles. The van der Waals surface area contributed by atoms with Crippen molar-refractivity contribution in [1.29, 1.82) is 0 Å². The fourth-order valence-electron chi connectivity index (χ4n) is 2.08. The number of hydrogen-bond acceptors (Lipinski definition) is 2. The van der Waals surface area contributed by atoms with E-state index in [4.69, 9.17) is 4.74 Å². The van der Waals surface area contributed by atoms with Crippen LogP contribution in [0.1, 0.15) is 24.0 Å². The normalized spacial score (nSPS) is 24.5. The molecule has 1 aliphatic rings. The molecule has 0 radical (unpaired) electrons. The van der Waals surface area contributed by atoms with Crippen LogP contribution in [0.15, 0.2) is 18.2 Å². The summed E-state index contributed by atoms with van der Waals surface area (Å²) in [7, 11) is 1.99. The Hall–Kier alpha value is -1.02. The van der Waals surface area contributed by atoms with Crippen LogP contribution in [0.2, 0.25) is 0 Å². The summed E-state index contributed by atoms with van der Waals surface area (Å²) in [6.07, 6.45) is 0.291. The molecule has 1 aliphatic heterocycles. The highest BCUT2D eigenvalue weighted by Gasteiger charge is 2.30. The van der Waals surface area contributed by atoms with Crippen LogP contribution < -0.4 is 10.1 Å². The predicted molar refractivity (Wildman–Crippen MR) is 57.9 cm³/mol. The SMILES string of the molecule is CNCC1c2ccc(C)cc2OC1C. The number of aryl methyl sites for hydroxylation is 1. The summed E-state index contributed by atoms with van der Waals surface area (Å²) in [4.78, 5) is 0. The Morgan fingerprint density at radius 1 is 1.43 bits per heavy atom. The summed E-state index contributed by atoms with van der Waals surface area (Å²) < 4.78 is 5.81. The number of rotatable bonds is 2. The molecule has 0 amide bonds. The van der Waals surface area contributed by atoms with E-state index in [1.807, 2.05) is 7.05 Å². The molecule has 0 bridgehead atoms. The molecule has 2 unspecified atom stereocenters. The molecule has 0 saturated heterocycles. The third-order valence-electron chi connectivity index (χ3n) is 2.87. The largest absolute Gasteiger partial charge is 0.490 e. The van der Waals surface area contributed by atoms with Crippen molar-refractivity contribution >= 4 is 0 Å². The van der Waals surface area contributed by atoms with Crippen molar-refractivity contribution in [2.75, 3.05) is 13.6 Å². The zero-order valence-corrected chi connectivity index (χ0v) is 9.00. The molecule has 2 rings (SSSR count). The molecule has 0 aromatic heterocycles. The highest BCUT2D eigenvalue weighted by Crippen LogP contribution is 2.38. The van der Waals surface area contributed by atoms with Crippen molar-refractivity contribution < 1.29 is 4.74 Å². The summed E-state index contributed by atoms with van der Waals surface area (Å²) in [6, 6.07) is 6.47. The molecule has 76 valence electrons. The van der Waals surface area contributed by atoms with Crippen LogP contribution in [0.25, 0.3) is 0 Å². The molecule has 0 spiro atoms. The smallest absolute Gasteiger partial charge is 0.123 e. The fourth-order valence-corrected chi connectivity index (χ4v) is 2.08. The highest BCUT2D eigenvalue weighted by atomic mass is 16.5. The van der Waals surface area contributed by atoms with Gasteiger partial charge in [0, 0.05) is 18.0 Å². The monoisotopic (exact) mass is 191 g/mol. The molecular formula is C12H17NO. The van der Waals surface area contributed by atoms with Gasteiger partial charge in [0.05, 0.1) is 0 Å². The van der Waals surface area contributed by atoms with E-state index >= 15 is 0 Å². The first-order valence-electron chi connectivity index (χ1n) is 5.14. The Bertz CT molecular complexity index is 335. The second kappa shape index (κ2) is 3.62. The van der Waals surface area contributed by atoms with Gasteiger partial charge in [-0.05, 0) is 32.5 Å². The topological polar surface area (TPSA) is 21.3 Å². The van der Waals surface area contributed by atoms with Crippen molar-refractivity contribution in [1.82, 2.24) is 5.32 Å². The van der Waals surface area contributed by atoms with E-state index in [9.17, 15) is 0 Å². The van der Waals surface area contributed by atoms with Gasteiger partial charge in [0.25, 0.3) is 0 Å². The Morgan fingerprint density at radius 2 is 2.21 bits per heavy atom. The molecular weight excluding hydrogens is 174 g/mol. The van der Waals surface area contributed by atoms with E-state index in [1.165, 1.54) is 11.1 Å². The lowest BCUT2D eigenvalue weighted by atomic mass is 9.95. The molecule has 2 heteroatoms. The number of hydrogen-bond donors (Lipinski definition) is 1. The lowest BCUT2D eigenvalue weighted by Gasteiger charge is -2.13. The Balaban J connectivity index is 2.33. The van der Waals surface area contributed by atoms with Gasteiger partial charge in [0.15, 0.2) is 0 Å². The molecule has 0 fully saturated rings. The van der Waals surface area contributed by atoms with E-state index in [2.05, 4.69) is 37.4 Å². The minimum absolute atomic E-state index is 0.291. The fraction of sp³-hybridized carbons (Fsp3) is 0.500. The highest BCUT2D eigenvalue weighted by molar-refractivity contribution is 5.43. The summed E-state index contributed by atoms with van der Waals surface area (Å²) in [5, 5.41) is 3.22. The van der Waals surface area contributed by atoms with Gasteiger partial charge in [-0.2, -0.15) is 0 Å². The van der Waals surface area contributed by atoms with E-state index in [0.717, 1.165) is 12.3 Å². The average Bonchev–Trinajstić information content (AvgIpc) is 2.43. The molecule has 1 heterocycles. The van der Waals surface area contributed by atoms with Gasteiger partial charge in [-0.3, -0.25) is 0 Å². The van der Waals surface area contributed by atoms with Gasteiger partial charge in [0.2, 0.25) is 0 Å². The molecule has 1 aromatic rings. The molecule has 1 aromatic carbocycles. The van der Waals surface area contributed by atoms with E-state index < -0.39 is 0 Å². The van der Waals surface area contributed by atoms with Crippen LogP contribution in [0.3, 0.4) is 0 Å². The average molecular weight is 191 g/mol. The second-order valence-electron chi connectivity index (χ2n) is 4.03. The summed E-state index contributed by atoms with van der Waals surface area (Å²) in [5.74, 6) is 1.56. The first-order valence-corrected chi connectivity index (χ1v) is 5.14. The number of fused-ring (bicyclic) bond motifs is 1. The number of likely N-dealkylation sites (N-methyl/N-ethyl adjacent to an activating group) is 1. The zero-order valence-electron chi connectivity index (χ0n) is 9.00. The first-order chi connectivity index (χ1) is 6.72. The van der Waals surface area contributed by atoms with Crippen LogP contribution in [0.4, 0.5) is 0 Å². The maximum atomic E-state index is 5.81. The number of ether oxygens (including phenoxy) is 1. The van der Waals surface area contributed by atoms with Crippen LogP contribution >= 0.6 is 0 Å². The van der Waals surface area contributed by atoms with E-state index in [-0.39, 0.29) is 0 Å². The van der Waals surface area contributed by atoms with Crippen molar-refractivity contribution in [2.24, 2.45) is 0 Å². The summed E-state index contributed by atoms with van der Waals surface area (Å²) in [5.41, 5.74) is 2.61. The molecule has 1 N–H and O–H groups in total. The van der Waals surface area contributed by atoms with Gasteiger partial charge < -0.3 is 10.1 Å². The quantitative estimate of drug-likeness (QED) is 0.772. The second-order valence-corrected chi connectivity index (χ2v) is 4.03. The number of benzene rings is 1. The third-order valence-corrected chi connectivity index (χ3v) is 2.87. The van der Waals surface area contributed by atoms with Gasteiger partial charge in [-0.1, -0.05) is 12.1 Å². The number of nitrogens with one attached hydrogen (secondary N) is 1. The lowest BCUT2D eigenvalue weighted by molar-refractivity contribution is 0.225. The Kier molecular flexibility index (Phi) is 2.46. The maximum absolute atomic E-state index is 5.81. The zero-order chi connectivity index (χ0) is 10.1. The summed E-state index contributed by atoms with van der Waals surface area (Å²) >= 11 is 0. The van der Waals surface area contributed by atoms with Gasteiger partial charge in [-0.25, -0.2) is 0 Å². The minimum atomic E-state index is 0.291. The van der Waals surface area contributed by atoms with E-state index in [1.54, 1.807) is 0 Å². The standard InChI is InChI=1S/C12H17NO/c1-8-4-5-10-11(7-13-3)9(2)14-12(10)6-8/h4-6,9,11,13H,7H2,1-3H3. The van der Waals surface area contributed by atoms with Crippen molar-refractivity contribution in [3.05, 3.63) is 29.3 Å². The maximum Gasteiger partial charge on any atom is 0.123 e. The van der Waals surface area contributed by atoms with Crippen LogP contribution in [-0.2, 0) is 0 Å². The molecule has 14 heavy (non-hydrogen) atoms. The molecule has 2 atom stereocenters. The van der Waals surface area contributed by atoms with Gasteiger partial charge >= 0.3 is 0 Å². The lowest BCUT2D eigenvalue weighted by Crippen LogP contribution is -2.24. The van der Waals surface area contributed by atoms with E-state index in [0.29, 0.717) is 12.0 Å². The van der Waals surface area contributed by atoms with Gasteiger partial charge in [0.1, 0.15) is 11.9 Å². The summed E-state index contributed by atoms with van der Waals surface area (Å²) in [6.45, 7) is 5.22. The van der Waals surface area contributed by atoms with Gasteiger partial charge in [-0.15, -0.1) is 0 Å². The third kappa shape index (κ3) is 1.50. The Labute approximate surface area is 85.3 Å². The predicted octanol–water partition coefficient (Wildman–Crippen LogP) is 2.08. The van der Waals surface area contributed by atoms with Crippen LogP contribution in [-0.4, -0.2) is 19.7 Å². The van der Waals surface area contributed by atoms with Crippen molar-refractivity contribution in [3.8, 4) is 5.75 Å². The Morgan fingerprint density at radius 3 is 2.93 bits per heavy atom. The molecule has 2 nitrogen and oxygen atoms in total.